The number of nitrogens with one attached hydrogen (secondary N) is 1. The van der Waals surface area contributed by atoms with Crippen LogP contribution < -0.4 is 10.4 Å². The molecule has 0 unspecified atom stereocenters. The van der Waals surface area contributed by atoms with E-state index in [2.05, 4.69) is 15.2 Å². The molecule has 1 aromatic heterocycles. The molecule has 0 atom stereocenters. The zero-order valence-corrected chi connectivity index (χ0v) is 22.5. The number of fused-ring (bicyclic) bond motifs is 1. The number of amides is 2. The third-order valence-electron chi connectivity index (χ3n) is 7.12. The van der Waals surface area contributed by atoms with Crippen LogP contribution in [0.1, 0.15) is 15.9 Å². The average molecular weight is 540 g/mol. The molecule has 3 aromatic carbocycles. The number of hydrogen-bond donors (Lipinski definition) is 2. The van der Waals surface area contributed by atoms with Crippen LogP contribution in [0.5, 0.6) is 0 Å². The summed E-state index contributed by atoms with van der Waals surface area (Å²) >= 11 is 0. The molecule has 0 radical (unpaired) electrons. The summed E-state index contributed by atoms with van der Waals surface area (Å²) in [5, 5.41) is 11.2. The standard InChI is InChI=1S/C31H33N5O4/c1-40-31(39)36(24-12-6-3-7-13-24)33-30(38)28-25-14-8-9-15-27(25)32-29(23-10-4-2-5-11-23)26(28)22-35-18-16-34(17-19-35)20-21-37/h2-15,37H,16-22H2,1H3,(H,33,38). The van der Waals surface area contributed by atoms with E-state index in [-0.39, 0.29) is 6.61 Å². The number of pyridine rings is 1. The lowest BCUT2D eigenvalue weighted by Gasteiger charge is -2.35. The molecule has 0 aliphatic carbocycles. The third-order valence-corrected chi connectivity index (χ3v) is 7.12. The molecular weight excluding hydrogens is 506 g/mol. The number of ether oxygens (including phenoxy) is 1. The molecule has 1 saturated heterocycles. The Hall–Kier alpha value is -4.31. The smallest absolute Gasteiger partial charge is 0.433 e. The second kappa shape index (κ2) is 12.7. The summed E-state index contributed by atoms with van der Waals surface area (Å²) in [7, 11) is 1.28. The molecule has 2 heterocycles. The summed E-state index contributed by atoms with van der Waals surface area (Å²) < 4.78 is 4.99. The van der Waals surface area contributed by atoms with Crippen molar-refractivity contribution >= 4 is 28.6 Å². The van der Waals surface area contributed by atoms with E-state index in [0.29, 0.717) is 35.2 Å². The van der Waals surface area contributed by atoms with Crippen molar-refractivity contribution in [2.75, 3.05) is 51.4 Å². The fourth-order valence-electron chi connectivity index (χ4n) is 5.08. The van der Waals surface area contributed by atoms with Gasteiger partial charge >= 0.3 is 6.09 Å². The van der Waals surface area contributed by atoms with Crippen LogP contribution in [0.2, 0.25) is 0 Å². The van der Waals surface area contributed by atoms with Crippen LogP contribution in [0.4, 0.5) is 10.5 Å². The van der Waals surface area contributed by atoms with Gasteiger partial charge in [0, 0.05) is 55.8 Å². The topological polar surface area (TPSA) is 98.2 Å². The van der Waals surface area contributed by atoms with Crippen molar-refractivity contribution in [3.05, 3.63) is 96.1 Å². The number of nitrogens with zero attached hydrogens (tertiary/aromatic N) is 4. The van der Waals surface area contributed by atoms with Crippen LogP contribution in [0.25, 0.3) is 22.2 Å². The molecule has 0 bridgehead atoms. The van der Waals surface area contributed by atoms with Gasteiger partial charge in [-0.15, -0.1) is 0 Å². The number of hydrogen-bond acceptors (Lipinski definition) is 7. The van der Waals surface area contributed by atoms with Gasteiger partial charge in [-0.25, -0.2) is 9.78 Å². The summed E-state index contributed by atoms with van der Waals surface area (Å²) in [6.07, 6.45) is -0.706. The molecule has 5 rings (SSSR count). The zero-order valence-electron chi connectivity index (χ0n) is 22.5. The van der Waals surface area contributed by atoms with Gasteiger partial charge in [-0.2, -0.15) is 5.01 Å². The molecular formula is C31H33N5O4. The minimum Gasteiger partial charge on any atom is -0.451 e. The van der Waals surface area contributed by atoms with Gasteiger partial charge in [0.05, 0.1) is 36.2 Å². The van der Waals surface area contributed by atoms with Crippen LogP contribution in [0, 0.1) is 0 Å². The molecule has 2 N–H and O–H groups in total. The van der Waals surface area contributed by atoms with E-state index in [1.54, 1.807) is 24.3 Å². The maximum atomic E-state index is 14.2. The lowest BCUT2D eigenvalue weighted by molar-refractivity contribution is 0.0934. The molecule has 206 valence electrons. The van der Waals surface area contributed by atoms with Gasteiger partial charge in [-0.05, 0) is 18.2 Å². The minimum atomic E-state index is -0.706. The summed E-state index contributed by atoms with van der Waals surface area (Å²) in [6.45, 7) is 4.52. The monoisotopic (exact) mass is 539 g/mol. The van der Waals surface area contributed by atoms with E-state index < -0.39 is 12.0 Å². The maximum Gasteiger partial charge on any atom is 0.433 e. The quantitative estimate of drug-likeness (QED) is 0.344. The van der Waals surface area contributed by atoms with Crippen LogP contribution in [0.3, 0.4) is 0 Å². The van der Waals surface area contributed by atoms with E-state index in [9.17, 15) is 14.7 Å². The number of hydrazine groups is 1. The Morgan fingerprint density at radius 2 is 1.52 bits per heavy atom. The highest BCUT2D eigenvalue weighted by Crippen LogP contribution is 2.32. The first kappa shape index (κ1) is 27.3. The number of benzene rings is 3. The van der Waals surface area contributed by atoms with Crippen molar-refractivity contribution in [2.24, 2.45) is 0 Å². The number of piperazine rings is 1. The number of para-hydroxylation sites is 2. The number of methoxy groups -OCH3 is 1. The van der Waals surface area contributed by atoms with Crippen molar-refractivity contribution in [1.29, 1.82) is 0 Å². The summed E-state index contributed by atoms with van der Waals surface area (Å²) in [6, 6.07) is 26.3. The van der Waals surface area contributed by atoms with Crippen molar-refractivity contribution in [3.8, 4) is 11.3 Å². The van der Waals surface area contributed by atoms with Gasteiger partial charge in [0.1, 0.15) is 0 Å². The van der Waals surface area contributed by atoms with Crippen molar-refractivity contribution in [2.45, 2.75) is 6.54 Å². The Labute approximate surface area is 233 Å². The molecule has 1 aliphatic heterocycles. The van der Waals surface area contributed by atoms with E-state index in [1.807, 2.05) is 60.7 Å². The average Bonchev–Trinajstić information content (AvgIpc) is 3.01. The molecule has 9 heteroatoms. The third kappa shape index (κ3) is 5.96. The van der Waals surface area contributed by atoms with Crippen molar-refractivity contribution in [3.63, 3.8) is 0 Å². The molecule has 1 fully saturated rings. The normalized spacial score (nSPS) is 14.2. The predicted octanol–water partition coefficient (Wildman–Crippen LogP) is 3.93. The highest BCUT2D eigenvalue weighted by atomic mass is 16.5. The van der Waals surface area contributed by atoms with Gasteiger partial charge < -0.3 is 9.84 Å². The van der Waals surface area contributed by atoms with Gasteiger partial charge in [0.15, 0.2) is 0 Å². The Bertz CT molecular complexity index is 1460. The second-order valence-corrected chi connectivity index (χ2v) is 9.62. The van der Waals surface area contributed by atoms with Crippen molar-refractivity contribution in [1.82, 2.24) is 20.2 Å². The van der Waals surface area contributed by atoms with Gasteiger partial charge in [-0.1, -0.05) is 66.7 Å². The molecule has 40 heavy (non-hydrogen) atoms. The highest BCUT2D eigenvalue weighted by molar-refractivity contribution is 6.10. The van der Waals surface area contributed by atoms with E-state index in [4.69, 9.17) is 9.72 Å². The molecule has 1 aliphatic rings. The number of anilines is 1. The lowest BCUT2D eigenvalue weighted by atomic mass is 9.95. The molecule has 2 amide bonds. The van der Waals surface area contributed by atoms with Crippen LogP contribution in [0.15, 0.2) is 84.9 Å². The number of aliphatic hydroxyl groups is 1. The minimum absolute atomic E-state index is 0.134. The highest BCUT2D eigenvalue weighted by Gasteiger charge is 2.28. The maximum absolute atomic E-state index is 14.2. The molecule has 0 saturated carbocycles. The summed E-state index contributed by atoms with van der Waals surface area (Å²) in [5.74, 6) is -0.432. The van der Waals surface area contributed by atoms with Gasteiger partial charge in [-0.3, -0.25) is 20.0 Å². The van der Waals surface area contributed by atoms with Gasteiger partial charge in [0.2, 0.25) is 0 Å². The number of β-amino-alcohol motifs (C(OH)–C–C–N with tert-alkyl or cyclic N) is 1. The second-order valence-electron chi connectivity index (χ2n) is 9.62. The lowest BCUT2D eigenvalue weighted by Crippen LogP contribution is -2.48. The Morgan fingerprint density at radius 3 is 2.20 bits per heavy atom. The first-order valence-electron chi connectivity index (χ1n) is 13.4. The first-order valence-corrected chi connectivity index (χ1v) is 13.4. The summed E-state index contributed by atoms with van der Waals surface area (Å²) in [5.41, 5.74) is 6.86. The van der Waals surface area contributed by atoms with E-state index in [0.717, 1.165) is 48.0 Å². The summed E-state index contributed by atoms with van der Waals surface area (Å²) in [4.78, 5) is 36.5. The van der Waals surface area contributed by atoms with Crippen LogP contribution >= 0.6 is 0 Å². The van der Waals surface area contributed by atoms with Crippen LogP contribution in [-0.2, 0) is 11.3 Å². The fourth-order valence-corrected chi connectivity index (χ4v) is 5.08. The number of aromatic nitrogens is 1. The predicted molar refractivity (Wildman–Crippen MR) is 155 cm³/mol. The Balaban J connectivity index is 1.61. The largest absolute Gasteiger partial charge is 0.451 e. The van der Waals surface area contributed by atoms with Crippen molar-refractivity contribution < 1.29 is 19.4 Å². The first-order chi connectivity index (χ1) is 19.6. The van der Waals surface area contributed by atoms with E-state index >= 15 is 0 Å². The number of carbonyl (C=O) groups is 2. The number of carbonyl (C=O) groups excluding carboxylic acids is 2. The molecule has 0 spiro atoms. The zero-order chi connectivity index (χ0) is 27.9. The SMILES string of the molecule is COC(=O)N(NC(=O)c1c(CN2CCN(CCO)CC2)c(-c2ccccc2)nc2ccccc12)c1ccccc1. The van der Waals surface area contributed by atoms with Gasteiger partial charge in [0.25, 0.3) is 5.91 Å². The Morgan fingerprint density at radius 1 is 0.900 bits per heavy atom. The van der Waals surface area contributed by atoms with E-state index in [1.165, 1.54) is 7.11 Å². The van der Waals surface area contributed by atoms with Crippen LogP contribution in [-0.4, -0.2) is 78.3 Å². The Kier molecular flexibility index (Phi) is 8.65. The molecule has 4 aromatic rings. The fraction of sp³-hybridized carbons (Fsp3) is 0.258. The number of rotatable bonds is 7. The number of aliphatic hydroxyl groups excluding tert-OH is 1. The molecule has 9 nitrogen and oxygen atoms in total.